The molecule has 0 unspecified atom stereocenters. The molecule has 3 aromatic rings. The van der Waals surface area contributed by atoms with E-state index >= 15 is 0 Å². The lowest BCUT2D eigenvalue weighted by molar-refractivity contribution is -0.131. The van der Waals surface area contributed by atoms with E-state index in [2.05, 4.69) is 33.7 Å². The Morgan fingerprint density at radius 2 is 2.07 bits per heavy atom. The summed E-state index contributed by atoms with van der Waals surface area (Å²) in [6, 6.07) is 10.3. The Hall–Kier alpha value is -2.93. The maximum Gasteiger partial charge on any atom is 0.246 e. The molecule has 27 heavy (non-hydrogen) atoms. The molecule has 138 valence electrons. The predicted octanol–water partition coefficient (Wildman–Crippen LogP) is 2.69. The summed E-state index contributed by atoms with van der Waals surface area (Å²) in [7, 11) is 1.96. The van der Waals surface area contributed by atoms with Gasteiger partial charge in [0.1, 0.15) is 0 Å². The topological polar surface area (TPSA) is 67.2 Å². The van der Waals surface area contributed by atoms with Crippen molar-refractivity contribution in [3.05, 3.63) is 60.2 Å². The molecule has 7 nitrogen and oxygen atoms in total. The fraction of sp³-hybridized carbons (Fsp3) is 0.263. The molecule has 0 radical (unpaired) electrons. The summed E-state index contributed by atoms with van der Waals surface area (Å²) in [5, 5.41) is 0.178. The standard InChI is InChI=1S/C19H19ClN6O/c1-3-15(27)25-10-14(11-25)26-12-21-16-17(22-19(20)23-18(16)26)24(2)9-13-7-5-4-6-8-13/h3-8,12,14H,1,9-11H2,2H3. The zero-order valence-electron chi connectivity index (χ0n) is 14.9. The molecule has 3 heterocycles. The van der Waals surface area contributed by atoms with Gasteiger partial charge in [-0.15, -0.1) is 0 Å². The van der Waals surface area contributed by atoms with Crippen molar-refractivity contribution in [1.29, 1.82) is 0 Å². The molecule has 0 aliphatic carbocycles. The van der Waals surface area contributed by atoms with Crippen LogP contribution in [0.4, 0.5) is 5.82 Å². The first-order valence-corrected chi connectivity index (χ1v) is 9.01. The van der Waals surface area contributed by atoms with Gasteiger partial charge in [0.15, 0.2) is 17.0 Å². The molecule has 8 heteroatoms. The predicted molar refractivity (Wildman–Crippen MR) is 105 cm³/mol. The number of halogens is 1. The minimum Gasteiger partial charge on any atom is -0.353 e. The molecule has 0 atom stereocenters. The van der Waals surface area contributed by atoms with E-state index in [1.165, 1.54) is 11.6 Å². The SMILES string of the molecule is C=CC(=O)N1CC(n2cnc3c(N(C)Cc4ccccc4)nc(Cl)nc32)C1. The largest absolute Gasteiger partial charge is 0.353 e. The molecular weight excluding hydrogens is 364 g/mol. The molecule has 1 fully saturated rings. The van der Waals surface area contributed by atoms with E-state index in [0.717, 1.165) is 0 Å². The van der Waals surface area contributed by atoms with Crippen molar-refractivity contribution in [1.82, 2.24) is 24.4 Å². The zero-order valence-corrected chi connectivity index (χ0v) is 15.7. The van der Waals surface area contributed by atoms with Gasteiger partial charge in [0, 0.05) is 26.7 Å². The van der Waals surface area contributed by atoms with E-state index in [1.807, 2.05) is 34.7 Å². The quantitative estimate of drug-likeness (QED) is 0.501. The van der Waals surface area contributed by atoms with Crippen LogP contribution in [-0.2, 0) is 11.3 Å². The number of rotatable bonds is 5. The third-order valence-electron chi connectivity index (χ3n) is 4.74. The second-order valence-corrected chi connectivity index (χ2v) is 6.92. The summed E-state index contributed by atoms with van der Waals surface area (Å²) in [6.45, 7) is 5.41. The van der Waals surface area contributed by atoms with Gasteiger partial charge in [-0.1, -0.05) is 36.9 Å². The average molecular weight is 383 g/mol. The number of likely N-dealkylation sites (tertiary alicyclic amines) is 1. The van der Waals surface area contributed by atoms with Crippen molar-refractivity contribution in [2.75, 3.05) is 25.0 Å². The Morgan fingerprint density at radius 1 is 1.33 bits per heavy atom. The number of carbonyl (C=O) groups is 1. The Morgan fingerprint density at radius 3 is 2.78 bits per heavy atom. The first-order chi connectivity index (χ1) is 13.1. The molecule has 1 amide bonds. The van der Waals surface area contributed by atoms with Crippen LogP contribution in [0.5, 0.6) is 0 Å². The molecule has 0 spiro atoms. The summed E-state index contributed by atoms with van der Waals surface area (Å²) in [4.78, 5) is 28.7. The van der Waals surface area contributed by atoms with Gasteiger partial charge in [0.2, 0.25) is 11.2 Å². The normalized spacial score (nSPS) is 14.2. The number of carbonyl (C=O) groups excluding carboxylic acids is 1. The van der Waals surface area contributed by atoms with Crippen molar-refractivity contribution >= 4 is 34.5 Å². The highest BCUT2D eigenvalue weighted by Crippen LogP contribution is 2.29. The number of fused-ring (bicyclic) bond motifs is 1. The maximum absolute atomic E-state index is 11.7. The summed E-state index contributed by atoms with van der Waals surface area (Å²) in [5.41, 5.74) is 2.55. The van der Waals surface area contributed by atoms with Gasteiger partial charge < -0.3 is 14.4 Å². The summed E-state index contributed by atoms with van der Waals surface area (Å²) >= 11 is 6.20. The molecule has 1 aliphatic rings. The molecule has 2 aromatic heterocycles. The number of anilines is 1. The van der Waals surface area contributed by atoms with Crippen LogP contribution in [0.3, 0.4) is 0 Å². The van der Waals surface area contributed by atoms with E-state index < -0.39 is 0 Å². The lowest BCUT2D eigenvalue weighted by Crippen LogP contribution is -2.50. The lowest BCUT2D eigenvalue weighted by atomic mass is 10.1. The number of hydrogen-bond donors (Lipinski definition) is 0. The maximum atomic E-state index is 11.7. The number of aromatic nitrogens is 4. The van der Waals surface area contributed by atoms with Crippen molar-refractivity contribution in [3.8, 4) is 0 Å². The van der Waals surface area contributed by atoms with Gasteiger partial charge in [0.05, 0.1) is 12.4 Å². The van der Waals surface area contributed by atoms with Gasteiger partial charge in [-0.05, 0) is 23.2 Å². The fourth-order valence-electron chi connectivity index (χ4n) is 3.28. The Labute approximate surface area is 161 Å². The summed E-state index contributed by atoms with van der Waals surface area (Å²) in [5.74, 6) is 0.623. The van der Waals surface area contributed by atoms with Crippen LogP contribution in [0.25, 0.3) is 11.2 Å². The van der Waals surface area contributed by atoms with Gasteiger partial charge in [-0.2, -0.15) is 9.97 Å². The summed E-state index contributed by atoms with van der Waals surface area (Å²) < 4.78 is 1.97. The Kier molecular flexibility index (Phi) is 4.53. The van der Waals surface area contributed by atoms with Crippen molar-refractivity contribution < 1.29 is 4.79 Å². The second-order valence-electron chi connectivity index (χ2n) is 6.58. The third-order valence-corrected chi connectivity index (χ3v) is 4.91. The Bertz CT molecular complexity index is 996. The van der Waals surface area contributed by atoms with Crippen LogP contribution in [-0.4, -0.2) is 50.5 Å². The second kappa shape index (κ2) is 7.00. The van der Waals surface area contributed by atoms with Crippen LogP contribution in [0.2, 0.25) is 5.28 Å². The lowest BCUT2D eigenvalue weighted by Gasteiger charge is -2.39. The minimum atomic E-state index is -0.0633. The van der Waals surface area contributed by atoms with E-state index in [9.17, 15) is 4.79 Å². The van der Waals surface area contributed by atoms with Crippen LogP contribution in [0.1, 0.15) is 11.6 Å². The van der Waals surface area contributed by atoms with Crippen molar-refractivity contribution in [3.63, 3.8) is 0 Å². The van der Waals surface area contributed by atoms with E-state index in [-0.39, 0.29) is 17.2 Å². The number of imidazole rings is 1. The number of nitrogens with zero attached hydrogens (tertiary/aromatic N) is 6. The molecule has 1 saturated heterocycles. The van der Waals surface area contributed by atoms with Crippen molar-refractivity contribution in [2.45, 2.75) is 12.6 Å². The monoisotopic (exact) mass is 382 g/mol. The van der Waals surface area contributed by atoms with Crippen LogP contribution in [0, 0.1) is 0 Å². The molecule has 1 aromatic carbocycles. The number of benzene rings is 1. The van der Waals surface area contributed by atoms with Crippen LogP contribution >= 0.6 is 11.6 Å². The first kappa shape index (κ1) is 17.5. The molecule has 0 bridgehead atoms. The highest BCUT2D eigenvalue weighted by molar-refractivity contribution is 6.28. The summed E-state index contributed by atoms with van der Waals surface area (Å²) in [6.07, 6.45) is 3.08. The first-order valence-electron chi connectivity index (χ1n) is 8.63. The highest BCUT2D eigenvalue weighted by atomic mass is 35.5. The smallest absolute Gasteiger partial charge is 0.246 e. The third kappa shape index (κ3) is 3.26. The molecular formula is C19H19ClN6O. The number of hydrogen-bond acceptors (Lipinski definition) is 5. The number of amides is 1. The minimum absolute atomic E-state index is 0.0633. The van der Waals surface area contributed by atoms with E-state index in [1.54, 1.807) is 11.2 Å². The van der Waals surface area contributed by atoms with E-state index in [0.29, 0.717) is 36.6 Å². The van der Waals surface area contributed by atoms with E-state index in [4.69, 9.17) is 11.6 Å². The van der Waals surface area contributed by atoms with Crippen LogP contribution < -0.4 is 4.90 Å². The van der Waals surface area contributed by atoms with Gasteiger partial charge in [0.25, 0.3) is 0 Å². The van der Waals surface area contributed by atoms with Crippen LogP contribution in [0.15, 0.2) is 49.3 Å². The average Bonchev–Trinajstić information content (AvgIpc) is 3.04. The molecule has 1 aliphatic heterocycles. The van der Waals surface area contributed by atoms with Gasteiger partial charge in [-0.25, -0.2) is 4.98 Å². The highest BCUT2D eigenvalue weighted by Gasteiger charge is 2.32. The zero-order chi connectivity index (χ0) is 19.0. The van der Waals surface area contributed by atoms with Crippen molar-refractivity contribution in [2.24, 2.45) is 0 Å². The Balaban J connectivity index is 1.63. The molecule has 0 saturated carbocycles. The fourth-order valence-corrected chi connectivity index (χ4v) is 3.44. The molecule has 0 N–H and O–H groups in total. The van der Waals surface area contributed by atoms with Gasteiger partial charge in [-0.3, -0.25) is 4.79 Å². The van der Waals surface area contributed by atoms with Gasteiger partial charge >= 0.3 is 0 Å². The molecule has 4 rings (SSSR count).